The Morgan fingerprint density at radius 1 is 1.09 bits per heavy atom. The molecule has 0 amide bonds. The maximum absolute atomic E-state index is 4.80. The molecule has 2 aliphatic heterocycles. The molecule has 0 aromatic rings. The van der Waals surface area contributed by atoms with Gasteiger partial charge in [0.05, 0.1) is 6.26 Å². The normalized spacial score (nSPS) is 20.4. The van der Waals surface area contributed by atoms with Crippen molar-refractivity contribution in [2.75, 3.05) is 19.7 Å². The van der Waals surface area contributed by atoms with Crippen molar-refractivity contribution in [3.63, 3.8) is 0 Å². The minimum Gasteiger partial charge on any atom is -0.497 e. The van der Waals surface area contributed by atoms with Crippen LogP contribution >= 0.6 is 0 Å². The summed E-state index contributed by atoms with van der Waals surface area (Å²) in [5.41, 5.74) is 0. The molecule has 0 unspecified atom stereocenters. The number of ether oxygens (including phenoxy) is 1. The molecule has 0 radical (unpaired) electrons. The molecule has 1 N–H and O–H groups in total. The third kappa shape index (κ3) is 4.62. The maximum atomic E-state index is 4.80. The van der Waals surface area contributed by atoms with E-state index in [0.717, 1.165) is 6.61 Å². The van der Waals surface area contributed by atoms with Crippen LogP contribution in [0.5, 0.6) is 0 Å². The second-order valence-electron chi connectivity index (χ2n) is 2.55. The monoisotopic (exact) mass is 153 g/mol. The molecule has 1 fully saturated rings. The van der Waals surface area contributed by atoms with E-state index in [1.54, 1.807) is 6.26 Å². The van der Waals surface area contributed by atoms with Gasteiger partial charge in [-0.1, -0.05) is 6.08 Å². The topological polar surface area (TPSA) is 21.3 Å². The van der Waals surface area contributed by atoms with Crippen molar-refractivity contribution < 1.29 is 4.74 Å². The van der Waals surface area contributed by atoms with Crippen molar-refractivity contribution in [2.24, 2.45) is 0 Å². The average Bonchev–Trinajstić information content (AvgIpc) is 2.64. The summed E-state index contributed by atoms with van der Waals surface area (Å²) in [5, 5.41) is 3.22. The fraction of sp³-hybridized carbons (Fsp3) is 0.556. The van der Waals surface area contributed by atoms with E-state index in [1.165, 1.54) is 25.9 Å². The van der Waals surface area contributed by atoms with Gasteiger partial charge in [0.15, 0.2) is 0 Å². The van der Waals surface area contributed by atoms with Gasteiger partial charge in [0.25, 0.3) is 0 Å². The summed E-state index contributed by atoms with van der Waals surface area (Å²) in [4.78, 5) is 0. The summed E-state index contributed by atoms with van der Waals surface area (Å²) in [6.45, 7) is 3.23. The van der Waals surface area contributed by atoms with Gasteiger partial charge < -0.3 is 10.1 Å². The van der Waals surface area contributed by atoms with Crippen LogP contribution in [-0.2, 0) is 4.74 Å². The molecule has 1 saturated heterocycles. The molecule has 2 aliphatic rings. The van der Waals surface area contributed by atoms with E-state index in [1.807, 2.05) is 18.2 Å². The molecule has 11 heavy (non-hydrogen) atoms. The molecule has 2 heterocycles. The van der Waals surface area contributed by atoms with Crippen LogP contribution in [0.2, 0.25) is 0 Å². The predicted octanol–water partition coefficient (Wildman–Crippen LogP) is 1.46. The number of rotatable bonds is 0. The molecule has 0 saturated carbocycles. The number of hydrogen-bond acceptors (Lipinski definition) is 2. The number of hydrogen-bond donors (Lipinski definition) is 1. The molecular formula is C9H15NO. The van der Waals surface area contributed by atoms with Gasteiger partial charge in [-0.3, -0.25) is 0 Å². The molecule has 0 spiro atoms. The quantitative estimate of drug-likeness (QED) is 0.569. The van der Waals surface area contributed by atoms with Crippen LogP contribution < -0.4 is 5.32 Å². The summed E-state index contributed by atoms with van der Waals surface area (Å²) >= 11 is 0. The molecule has 2 heteroatoms. The second-order valence-corrected chi connectivity index (χ2v) is 2.55. The van der Waals surface area contributed by atoms with Gasteiger partial charge in [0.1, 0.15) is 6.61 Å². The van der Waals surface area contributed by atoms with Gasteiger partial charge in [0.2, 0.25) is 0 Å². The van der Waals surface area contributed by atoms with Crippen molar-refractivity contribution in [1.29, 1.82) is 0 Å². The summed E-state index contributed by atoms with van der Waals surface area (Å²) in [7, 11) is 0. The smallest absolute Gasteiger partial charge is 0.106 e. The van der Waals surface area contributed by atoms with Crippen molar-refractivity contribution in [2.45, 2.75) is 12.8 Å². The molecule has 2 nitrogen and oxygen atoms in total. The standard InChI is InChI=1S/C5H6O.C4H9N/c1-2-4-6-5-3-1;1-2-4-5-3-1/h1-4H,5H2;5H,1-4H2. The molecule has 62 valence electrons. The first-order chi connectivity index (χ1) is 5.50. The summed E-state index contributed by atoms with van der Waals surface area (Å²) in [6.07, 6.45) is 10.2. The van der Waals surface area contributed by atoms with Gasteiger partial charge >= 0.3 is 0 Å². The average molecular weight is 153 g/mol. The Bertz CT molecular complexity index is 117. The van der Waals surface area contributed by atoms with Gasteiger partial charge in [-0.15, -0.1) is 0 Å². The first-order valence-corrected chi connectivity index (χ1v) is 4.14. The highest BCUT2D eigenvalue weighted by Crippen LogP contribution is 1.90. The summed E-state index contributed by atoms with van der Waals surface area (Å²) < 4.78 is 4.80. The maximum Gasteiger partial charge on any atom is 0.106 e. The minimum absolute atomic E-state index is 0.733. The summed E-state index contributed by atoms with van der Waals surface area (Å²) in [5.74, 6) is 0. The highest BCUT2D eigenvalue weighted by atomic mass is 16.5. The van der Waals surface area contributed by atoms with Crippen LogP contribution in [0.15, 0.2) is 24.5 Å². The first-order valence-electron chi connectivity index (χ1n) is 4.14. The van der Waals surface area contributed by atoms with E-state index in [2.05, 4.69) is 5.32 Å². The molecule has 0 aliphatic carbocycles. The van der Waals surface area contributed by atoms with Crippen LogP contribution in [0.25, 0.3) is 0 Å². The number of nitrogens with one attached hydrogen (secondary N) is 1. The predicted molar refractivity (Wildman–Crippen MR) is 46.3 cm³/mol. The lowest BCUT2D eigenvalue weighted by molar-refractivity contribution is 0.286. The highest BCUT2D eigenvalue weighted by molar-refractivity contribution is 5.02. The van der Waals surface area contributed by atoms with Crippen LogP contribution in [0.3, 0.4) is 0 Å². The van der Waals surface area contributed by atoms with Crippen molar-refractivity contribution >= 4 is 0 Å². The number of allylic oxidation sites excluding steroid dienone is 2. The zero-order valence-corrected chi connectivity index (χ0v) is 6.75. The zero-order chi connectivity index (χ0) is 7.78. The lowest BCUT2D eigenvalue weighted by atomic mass is 10.4. The van der Waals surface area contributed by atoms with Crippen molar-refractivity contribution in [3.8, 4) is 0 Å². The largest absolute Gasteiger partial charge is 0.497 e. The van der Waals surface area contributed by atoms with Gasteiger partial charge in [-0.2, -0.15) is 0 Å². The Morgan fingerprint density at radius 3 is 2.09 bits per heavy atom. The molecular weight excluding hydrogens is 138 g/mol. The Balaban J connectivity index is 0.000000112. The minimum atomic E-state index is 0.733. The fourth-order valence-electron chi connectivity index (χ4n) is 0.971. The SMILES string of the molecule is C1=CCOC=C1.C1CCNC1. The van der Waals surface area contributed by atoms with E-state index in [0.29, 0.717) is 0 Å². The molecule has 0 atom stereocenters. The van der Waals surface area contributed by atoms with Crippen molar-refractivity contribution in [1.82, 2.24) is 5.32 Å². The van der Waals surface area contributed by atoms with Crippen LogP contribution in [-0.4, -0.2) is 19.7 Å². The van der Waals surface area contributed by atoms with E-state index < -0.39 is 0 Å². The van der Waals surface area contributed by atoms with Gasteiger partial charge in [-0.05, 0) is 38.1 Å². The van der Waals surface area contributed by atoms with E-state index in [9.17, 15) is 0 Å². The van der Waals surface area contributed by atoms with Crippen LogP contribution in [0.4, 0.5) is 0 Å². The lowest BCUT2D eigenvalue weighted by Crippen LogP contribution is -2.03. The third-order valence-electron chi connectivity index (χ3n) is 1.57. The Hall–Kier alpha value is -0.760. The summed E-state index contributed by atoms with van der Waals surface area (Å²) in [6, 6.07) is 0. The Labute approximate surface area is 67.9 Å². The van der Waals surface area contributed by atoms with E-state index in [4.69, 9.17) is 4.74 Å². The lowest BCUT2D eigenvalue weighted by Gasteiger charge is -1.94. The van der Waals surface area contributed by atoms with Crippen LogP contribution in [0, 0.1) is 0 Å². The van der Waals surface area contributed by atoms with Crippen LogP contribution in [0.1, 0.15) is 12.8 Å². The van der Waals surface area contributed by atoms with E-state index >= 15 is 0 Å². The molecule has 0 aromatic heterocycles. The zero-order valence-electron chi connectivity index (χ0n) is 6.75. The van der Waals surface area contributed by atoms with Gasteiger partial charge in [-0.25, -0.2) is 0 Å². The van der Waals surface area contributed by atoms with E-state index in [-0.39, 0.29) is 0 Å². The van der Waals surface area contributed by atoms with Gasteiger partial charge in [0, 0.05) is 0 Å². The molecule has 0 bridgehead atoms. The Morgan fingerprint density at radius 2 is 1.91 bits per heavy atom. The molecule has 0 aromatic carbocycles. The second kappa shape index (κ2) is 5.98. The van der Waals surface area contributed by atoms with Crippen molar-refractivity contribution in [3.05, 3.63) is 24.5 Å². The third-order valence-corrected chi connectivity index (χ3v) is 1.57. The first kappa shape index (κ1) is 8.34. The highest BCUT2D eigenvalue weighted by Gasteiger charge is 1.93. The molecule has 2 rings (SSSR count). The Kier molecular flexibility index (Phi) is 4.54. The fourth-order valence-corrected chi connectivity index (χ4v) is 0.971.